The summed E-state index contributed by atoms with van der Waals surface area (Å²) in [5, 5.41) is 2.95. The summed E-state index contributed by atoms with van der Waals surface area (Å²) in [6.45, 7) is 0. The largest absolute Gasteiger partial charge is 0.399 e. The van der Waals surface area contributed by atoms with Gasteiger partial charge in [0.2, 0.25) is 0 Å². The summed E-state index contributed by atoms with van der Waals surface area (Å²) in [6.07, 6.45) is 1.26. The fraction of sp³-hybridized carbons (Fsp3) is 0. The van der Waals surface area contributed by atoms with Crippen LogP contribution in [0.1, 0.15) is 20.8 Å². The van der Waals surface area contributed by atoms with Crippen molar-refractivity contribution in [3.05, 3.63) is 52.8 Å². The Morgan fingerprint density at radius 3 is 2.50 bits per heavy atom. The second-order valence-corrected chi connectivity index (χ2v) is 4.40. The second-order valence-electron chi connectivity index (χ2n) is 3.99. The normalized spacial score (nSPS) is 10.1. The number of benzene rings is 1. The maximum absolute atomic E-state index is 12.0. The number of hydrogen-bond donors (Lipinski definition) is 3. The van der Waals surface area contributed by atoms with E-state index in [2.05, 4.69) is 10.3 Å². The van der Waals surface area contributed by atoms with E-state index in [0.29, 0.717) is 16.4 Å². The lowest BCUT2D eigenvalue weighted by Gasteiger charge is -2.07. The number of amides is 2. The zero-order valence-electron chi connectivity index (χ0n) is 10.3. The minimum Gasteiger partial charge on any atom is -0.399 e. The molecule has 102 valence electrons. The maximum atomic E-state index is 12.0. The van der Waals surface area contributed by atoms with Crippen LogP contribution in [0.5, 0.6) is 0 Å². The molecule has 5 N–H and O–H groups in total. The number of pyridine rings is 1. The van der Waals surface area contributed by atoms with Crippen molar-refractivity contribution in [3.8, 4) is 0 Å². The van der Waals surface area contributed by atoms with Crippen LogP contribution >= 0.6 is 11.6 Å². The molecule has 2 amide bonds. The summed E-state index contributed by atoms with van der Waals surface area (Å²) in [4.78, 5) is 26.6. The summed E-state index contributed by atoms with van der Waals surface area (Å²) < 4.78 is 0. The molecular weight excluding hydrogens is 280 g/mol. The molecule has 0 saturated carbocycles. The molecule has 0 aliphatic carbocycles. The van der Waals surface area contributed by atoms with Crippen LogP contribution in [0.25, 0.3) is 0 Å². The summed E-state index contributed by atoms with van der Waals surface area (Å²) in [7, 11) is 0. The van der Waals surface area contributed by atoms with Gasteiger partial charge in [-0.1, -0.05) is 11.6 Å². The second kappa shape index (κ2) is 5.58. The van der Waals surface area contributed by atoms with Gasteiger partial charge in [-0.25, -0.2) is 0 Å². The predicted octanol–water partition coefficient (Wildman–Crippen LogP) is 1.67. The Bertz CT molecular complexity index is 671. The van der Waals surface area contributed by atoms with Crippen molar-refractivity contribution in [2.24, 2.45) is 5.73 Å². The van der Waals surface area contributed by atoms with Gasteiger partial charge in [-0.05, 0) is 30.3 Å². The lowest BCUT2D eigenvalue weighted by Crippen LogP contribution is -2.16. The molecule has 0 unspecified atom stereocenters. The molecule has 0 aliphatic heterocycles. The van der Waals surface area contributed by atoms with E-state index in [9.17, 15) is 9.59 Å². The monoisotopic (exact) mass is 290 g/mol. The molecule has 7 heteroatoms. The van der Waals surface area contributed by atoms with Gasteiger partial charge < -0.3 is 16.8 Å². The van der Waals surface area contributed by atoms with Crippen LogP contribution < -0.4 is 16.8 Å². The summed E-state index contributed by atoms with van der Waals surface area (Å²) in [5.74, 6) is -1.06. The molecule has 0 saturated heterocycles. The topological polar surface area (TPSA) is 111 Å². The molecule has 2 aromatic rings. The van der Waals surface area contributed by atoms with Crippen molar-refractivity contribution in [2.75, 3.05) is 11.1 Å². The molecular formula is C13H11ClN4O2. The molecule has 0 bridgehead atoms. The molecule has 6 nitrogen and oxygen atoms in total. The first-order valence-corrected chi connectivity index (χ1v) is 5.97. The molecule has 2 rings (SSSR count). The molecule has 1 heterocycles. The van der Waals surface area contributed by atoms with Crippen LogP contribution in [0.3, 0.4) is 0 Å². The van der Waals surface area contributed by atoms with E-state index in [1.165, 1.54) is 24.4 Å². The van der Waals surface area contributed by atoms with Gasteiger partial charge in [0.25, 0.3) is 11.8 Å². The van der Waals surface area contributed by atoms with Gasteiger partial charge in [0.05, 0.1) is 16.3 Å². The summed E-state index contributed by atoms with van der Waals surface area (Å²) >= 11 is 5.96. The zero-order chi connectivity index (χ0) is 14.7. The Labute approximate surface area is 119 Å². The van der Waals surface area contributed by atoms with Crippen molar-refractivity contribution in [1.82, 2.24) is 4.98 Å². The van der Waals surface area contributed by atoms with Gasteiger partial charge in [-0.3, -0.25) is 14.6 Å². The van der Waals surface area contributed by atoms with E-state index in [0.717, 1.165) is 0 Å². The Balaban J connectivity index is 2.17. The SMILES string of the molecule is NC(=O)c1ccc(C(=O)Nc2ccc(N)cc2Cl)cn1. The molecule has 1 aromatic heterocycles. The first-order chi connectivity index (χ1) is 9.47. The molecule has 0 aliphatic rings. The average molecular weight is 291 g/mol. The van der Waals surface area contributed by atoms with Crippen molar-refractivity contribution in [2.45, 2.75) is 0 Å². The summed E-state index contributed by atoms with van der Waals surface area (Å²) in [5.41, 5.74) is 11.9. The fourth-order valence-electron chi connectivity index (χ4n) is 1.50. The third-order valence-corrected chi connectivity index (χ3v) is 2.83. The molecule has 0 spiro atoms. The van der Waals surface area contributed by atoms with Gasteiger partial charge in [0, 0.05) is 11.9 Å². The van der Waals surface area contributed by atoms with E-state index in [1.54, 1.807) is 12.1 Å². The predicted molar refractivity (Wildman–Crippen MR) is 76.6 cm³/mol. The zero-order valence-corrected chi connectivity index (χ0v) is 11.0. The van der Waals surface area contributed by atoms with E-state index in [4.69, 9.17) is 23.1 Å². The number of carbonyl (C=O) groups excluding carboxylic acids is 2. The van der Waals surface area contributed by atoms with Gasteiger partial charge in [-0.15, -0.1) is 0 Å². The summed E-state index contributed by atoms with van der Waals surface area (Å²) in [6, 6.07) is 7.58. The standard InChI is InChI=1S/C13H11ClN4O2/c14-9-5-8(15)2-4-10(9)18-13(20)7-1-3-11(12(16)19)17-6-7/h1-6H,15H2,(H2,16,19)(H,18,20). The molecule has 0 fully saturated rings. The Hall–Kier alpha value is -2.60. The molecule has 0 radical (unpaired) electrons. The lowest BCUT2D eigenvalue weighted by molar-refractivity contribution is 0.0990. The average Bonchev–Trinajstić information content (AvgIpc) is 2.42. The van der Waals surface area contributed by atoms with Crippen LogP contribution in [0.2, 0.25) is 5.02 Å². The number of aromatic nitrogens is 1. The highest BCUT2D eigenvalue weighted by Gasteiger charge is 2.10. The van der Waals surface area contributed by atoms with Gasteiger partial charge >= 0.3 is 0 Å². The van der Waals surface area contributed by atoms with Crippen LogP contribution in [0.15, 0.2) is 36.5 Å². The quantitative estimate of drug-likeness (QED) is 0.746. The third kappa shape index (κ3) is 3.04. The molecule has 0 atom stereocenters. The van der Waals surface area contributed by atoms with E-state index in [-0.39, 0.29) is 11.3 Å². The van der Waals surface area contributed by atoms with Crippen LogP contribution in [0, 0.1) is 0 Å². The third-order valence-electron chi connectivity index (χ3n) is 2.52. The van der Waals surface area contributed by atoms with E-state index >= 15 is 0 Å². The van der Waals surface area contributed by atoms with Gasteiger partial charge in [0.15, 0.2) is 0 Å². The number of hydrogen-bond acceptors (Lipinski definition) is 4. The first-order valence-electron chi connectivity index (χ1n) is 5.59. The Morgan fingerprint density at radius 1 is 1.20 bits per heavy atom. The van der Waals surface area contributed by atoms with E-state index < -0.39 is 11.8 Å². The Morgan fingerprint density at radius 2 is 1.95 bits per heavy atom. The number of primary amides is 1. The Kier molecular flexibility index (Phi) is 3.86. The highest BCUT2D eigenvalue weighted by atomic mass is 35.5. The number of carbonyl (C=O) groups is 2. The first kappa shape index (κ1) is 13.8. The highest BCUT2D eigenvalue weighted by Crippen LogP contribution is 2.24. The van der Waals surface area contributed by atoms with Crippen molar-refractivity contribution in [1.29, 1.82) is 0 Å². The van der Waals surface area contributed by atoms with Crippen LogP contribution in [-0.4, -0.2) is 16.8 Å². The van der Waals surface area contributed by atoms with Crippen LogP contribution in [-0.2, 0) is 0 Å². The smallest absolute Gasteiger partial charge is 0.267 e. The molecule has 20 heavy (non-hydrogen) atoms. The van der Waals surface area contributed by atoms with Crippen LogP contribution in [0.4, 0.5) is 11.4 Å². The van der Waals surface area contributed by atoms with Gasteiger partial charge in [-0.2, -0.15) is 0 Å². The number of nitrogens with two attached hydrogens (primary N) is 2. The number of nitrogens with one attached hydrogen (secondary N) is 1. The van der Waals surface area contributed by atoms with E-state index in [1.807, 2.05) is 0 Å². The maximum Gasteiger partial charge on any atom is 0.267 e. The highest BCUT2D eigenvalue weighted by molar-refractivity contribution is 6.34. The van der Waals surface area contributed by atoms with Crippen molar-refractivity contribution >= 4 is 34.8 Å². The fourth-order valence-corrected chi connectivity index (χ4v) is 1.74. The number of nitrogen functional groups attached to an aromatic ring is 1. The van der Waals surface area contributed by atoms with Gasteiger partial charge in [0.1, 0.15) is 5.69 Å². The van der Waals surface area contributed by atoms with Crippen molar-refractivity contribution in [3.63, 3.8) is 0 Å². The number of halogens is 1. The van der Waals surface area contributed by atoms with Crippen molar-refractivity contribution < 1.29 is 9.59 Å². The number of nitrogens with zero attached hydrogens (tertiary/aromatic N) is 1. The molecule has 1 aromatic carbocycles. The number of rotatable bonds is 3. The minimum absolute atomic E-state index is 0.0899. The lowest BCUT2D eigenvalue weighted by atomic mass is 10.2. The minimum atomic E-state index is -0.654. The number of anilines is 2.